The van der Waals surface area contributed by atoms with Gasteiger partial charge in [0.1, 0.15) is 0 Å². The number of hydrogen-bond donors (Lipinski definition) is 1. The molecule has 0 aliphatic rings. The maximum absolute atomic E-state index is 11.6. The van der Waals surface area contributed by atoms with Gasteiger partial charge in [-0.1, -0.05) is 6.92 Å². The molecule has 1 aromatic heterocycles. The van der Waals surface area contributed by atoms with Crippen LogP contribution in [0, 0.1) is 0 Å². The van der Waals surface area contributed by atoms with Crippen molar-refractivity contribution in [2.45, 2.75) is 33.2 Å². The van der Waals surface area contributed by atoms with Crippen molar-refractivity contribution >= 4 is 11.8 Å². The molecule has 0 fully saturated rings. The van der Waals surface area contributed by atoms with Gasteiger partial charge in [-0.15, -0.1) is 0 Å². The SMILES string of the molecule is CCC(C)N(CCNC(=O)c1ccco1)C(C)=O. The minimum atomic E-state index is -0.257. The standard InChI is InChI=1S/C13H20N2O3/c1-4-10(2)15(11(3)16)8-7-14-13(17)12-6-5-9-18-12/h5-6,9-10H,4,7-8H2,1-3H3,(H,14,17). The van der Waals surface area contributed by atoms with E-state index in [1.807, 2.05) is 13.8 Å². The summed E-state index contributed by atoms with van der Waals surface area (Å²) in [6.07, 6.45) is 2.35. The van der Waals surface area contributed by atoms with E-state index in [0.717, 1.165) is 6.42 Å². The summed E-state index contributed by atoms with van der Waals surface area (Å²) in [5.41, 5.74) is 0. The zero-order valence-corrected chi connectivity index (χ0v) is 11.1. The van der Waals surface area contributed by atoms with Crippen molar-refractivity contribution in [1.29, 1.82) is 0 Å². The van der Waals surface area contributed by atoms with E-state index in [-0.39, 0.29) is 23.6 Å². The van der Waals surface area contributed by atoms with Crippen LogP contribution in [0.15, 0.2) is 22.8 Å². The van der Waals surface area contributed by atoms with Gasteiger partial charge in [0, 0.05) is 26.1 Å². The third-order valence-corrected chi connectivity index (χ3v) is 2.91. The first-order valence-corrected chi connectivity index (χ1v) is 6.15. The van der Waals surface area contributed by atoms with E-state index >= 15 is 0 Å². The molecule has 1 N–H and O–H groups in total. The minimum absolute atomic E-state index is 0.0246. The highest BCUT2D eigenvalue weighted by Gasteiger charge is 2.15. The first kappa shape index (κ1) is 14.3. The Morgan fingerprint density at radius 1 is 1.50 bits per heavy atom. The molecule has 5 nitrogen and oxygen atoms in total. The first-order chi connectivity index (χ1) is 8.56. The third kappa shape index (κ3) is 3.91. The molecule has 0 aliphatic carbocycles. The van der Waals surface area contributed by atoms with Crippen LogP contribution in [0.5, 0.6) is 0 Å². The van der Waals surface area contributed by atoms with Gasteiger partial charge in [0.05, 0.1) is 6.26 Å². The van der Waals surface area contributed by atoms with Crippen LogP contribution in [0.4, 0.5) is 0 Å². The zero-order chi connectivity index (χ0) is 13.5. The summed E-state index contributed by atoms with van der Waals surface area (Å²) < 4.78 is 4.98. The molecule has 1 atom stereocenters. The Hall–Kier alpha value is -1.78. The third-order valence-electron chi connectivity index (χ3n) is 2.91. The topological polar surface area (TPSA) is 62.6 Å². The molecule has 1 unspecified atom stereocenters. The highest BCUT2D eigenvalue weighted by atomic mass is 16.3. The normalized spacial score (nSPS) is 11.9. The molecule has 0 bridgehead atoms. The quantitative estimate of drug-likeness (QED) is 0.837. The fourth-order valence-electron chi connectivity index (χ4n) is 1.69. The van der Waals surface area contributed by atoms with Crippen molar-refractivity contribution < 1.29 is 14.0 Å². The summed E-state index contributed by atoms with van der Waals surface area (Å²) in [5.74, 6) is 0.0529. The highest BCUT2D eigenvalue weighted by Crippen LogP contribution is 2.03. The molecular weight excluding hydrogens is 232 g/mol. The Bertz CT molecular complexity index is 387. The number of nitrogens with one attached hydrogen (secondary N) is 1. The van der Waals surface area contributed by atoms with Gasteiger partial charge in [-0.05, 0) is 25.5 Å². The van der Waals surface area contributed by atoms with E-state index in [0.29, 0.717) is 13.1 Å². The molecule has 0 spiro atoms. The fourth-order valence-corrected chi connectivity index (χ4v) is 1.69. The highest BCUT2D eigenvalue weighted by molar-refractivity contribution is 5.91. The van der Waals surface area contributed by atoms with E-state index in [1.54, 1.807) is 24.0 Å². The molecule has 100 valence electrons. The average Bonchev–Trinajstić information content (AvgIpc) is 2.86. The maximum atomic E-state index is 11.6. The van der Waals surface area contributed by atoms with E-state index in [9.17, 15) is 9.59 Å². The van der Waals surface area contributed by atoms with Crippen molar-refractivity contribution in [3.63, 3.8) is 0 Å². The number of rotatable bonds is 6. The first-order valence-electron chi connectivity index (χ1n) is 6.15. The molecular formula is C13H20N2O3. The summed E-state index contributed by atoms with van der Waals surface area (Å²) in [5, 5.41) is 2.72. The van der Waals surface area contributed by atoms with Crippen LogP contribution in [0.2, 0.25) is 0 Å². The monoisotopic (exact) mass is 252 g/mol. The van der Waals surface area contributed by atoms with Crippen molar-refractivity contribution in [3.05, 3.63) is 24.2 Å². The Morgan fingerprint density at radius 2 is 2.22 bits per heavy atom. The Balaban J connectivity index is 2.40. The average molecular weight is 252 g/mol. The predicted molar refractivity (Wildman–Crippen MR) is 68.2 cm³/mol. The second-order valence-electron chi connectivity index (χ2n) is 4.20. The van der Waals surface area contributed by atoms with Gasteiger partial charge in [0.2, 0.25) is 5.91 Å². The largest absolute Gasteiger partial charge is 0.459 e. The molecule has 1 rings (SSSR count). The van der Waals surface area contributed by atoms with Crippen molar-refractivity contribution in [2.75, 3.05) is 13.1 Å². The van der Waals surface area contributed by atoms with Crippen LogP contribution in [-0.2, 0) is 4.79 Å². The molecule has 0 aliphatic heterocycles. The summed E-state index contributed by atoms with van der Waals surface area (Å²) in [6, 6.07) is 3.45. The number of furan rings is 1. The van der Waals surface area contributed by atoms with Gasteiger partial charge in [-0.25, -0.2) is 0 Å². The number of carbonyl (C=O) groups is 2. The zero-order valence-electron chi connectivity index (χ0n) is 11.1. The summed E-state index contributed by atoms with van der Waals surface area (Å²) in [6.45, 7) is 6.50. The molecule has 0 saturated carbocycles. The number of amides is 2. The van der Waals surface area contributed by atoms with Gasteiger partial charge in [0.25, 0.3) is 5.91 Å². The molecule has 2 amide bonds. The Kier molecular flexibility index (Phi) is 5.42. The van der Waals surface area contributed by atoms with Crippen molar-refractivity contribution in [2.24, 2.45) is 0 Å². The second-order valence-corrected chi connectivity index (χ2v) is 4.20. The van der Waals surface area contributed by atoms with Gasteiger partial charge >= 0.3 is 0 Å². The molecule has 18 heavy (non-hydrogen) atoms. The van der Waals surface area contributed by atoms with Gasteiger partial charge in [-0.2, -0.15) is 0 Å². The number of hydrogen-bond acceptors (Lipinski definition) is 3. The summed E-state index contributed by atoms with van der Waals surface area (Å²) in [7, 11) is 0. The fraction of sp³-hybridized carbons (Fsp3) is 0.538. The van der Waals surface area contributed by atoms with Gasteiger partial charge in [-0.3, -0.25) is 9.59 Å². The number of nitrogens with zero attached hydrogens (tertiary/aromatic N) is 1. The van der Waals surface area contributed by atoms with Crippen molar-refractivity contribution in [1.82, 2.24) is 10.2 Å². The lowest BCUT2D eigenvalue weighted by Gasteiger charge is -2.27. The minimum Gasteiger partial charge on any atom is -0.459 e. The van der Waals surface area contributed by atoms with E-state index in [4.69, 9.17) is 4.42 Å². The maximum Gasteiger partial charge on any atom is 0.287 e. The lowest BCUT2D eigenvalue weighted by molar-refractivity contribution is -0.130. The number of carbonyl (C=O) groups excluding carboxylic acids is 2. The van der Waals surface area contributed by atoms with E-state index in [1.165, 1.54) is 6.26 Å². The van der Waals surface area contributed by atoms with Crippen molar-refractivity contribution in [3.8, 4) is 0 Å². The Labute approximate surface area is 107 Å². The molecule has 0 aromatic carbocycles. The lowest BCUT2D eigenvalue weighted by Crippen LogP contribution is -2.42. The second kappa shape index (κ2) is 6.83. The van der Waals surface area contributed by atoms with Crippen LogP contribution in [-0.4, -0.2) is 35.8 Å². The predicted octanol–water partition coefficient (Wildman–Crippen LogP) is 1.66. The van der Waals surface area contributed by atoms with E-state index in [2.05, 4.69) is 5.32 Å². The van der Waals surface area contributed by atoms with Gasteiger partial charge < -0.3 is 14.6 Å². The van der Waals surface area contributed by atoms with Crippen LogP contribution in [0.3, 0.4) is 0 Å². The Morgan fingerprint density at radius 3 is 2.72 bits per heavy atom. The molecule has 0 saturated heterocycles. The van der Waals surface area contributed by atoms with Crippen LogP contribution in [0.1, 0.15) is 37.7 Å². The molecule has 0 radical (unpaired) electrons. The summed E-state index contributed by atoms with van der Waals surface area (Å²) >= 11 is 0. The van der Waals surface area contributed by atoms with Crippen LogP contribution < -0.4 is 5.32 Å². The van der Waals surface area contributed by atoms with Crippen LogP contribution >= 0.6 is 0 Å². The lowest BCUT2D eigenvalue weighted by atomic mass is 10.2. The van der Waals surface area contributed by atoms with Gasteiger partial charge in [0.15, 0.2) is 5.76 Å². The molecule has 1 aromatic rings. The molecule has 1 heterocycles. The molecule has 5 heteroatoms. The summed E-state index contributed by atoms with van der Waals surface area (Å²) in [4.78, 5) is 24.8. The van der Waals surface area contributed by atoms with Crippen LogP contribution in [0.25, 0.3) is 0 Å². The smallest absolute Gasteiger partial charge is 0.287 e. The van der Waals surface area contributed by atoms with E-state index < -0.39 is 0 Å².